The normalized spacial score (nSPS) is 14.4. The number of nitrogens with two attached hydrogens (primary N) is 2. The van der Waals surface area contributed by atoms with Gasteiger partial charge in [0.15, 0.2) is 11.6 Å². The number of hydrogen-bond acceptors (Lipinski definition) is 13. The Kier molecular flexibility index (Phi) is 10.6. The van der Waals surface area contributed by atoms with E-state index in [1.807, 2.05) is 19.9 Å². The quantitative estimate of drug-likeness (QED) is 0.109. The minimum absolute atomic E-state index is 0.0167. The summed E-state index contributed by atoms with van der Waals surface area (Å²) in [4.78, 5) is 26.7. The standard InChI is InChI=1S/C30H44N10O3/c1-5-7-11-19(16-41)35-26-25-24(37-29(32)38-26)22(21(15-34-25)43-6-2)18(3)10-8-13-30(4,17-42)40-27-23-20(12-9-14-33-23)36-28(31)39-27/h9,12,14-15,18-19,41-42H,5-8,10-11,13,16-17H2,1-4H3,(H3,31,36,39,40)(H3,32,35,37,38)/t18?,19-,30-/m1/s1. The molecule has 4 rings (SSSR count). The molecular weight excluding hydrogens is 548 g/mol. The first-order valence-electron chi connectivity index (χ1n) is 14.9. The van der Waals surface area contributed by atoms with Crippen molar-refractivity contribution < 1.29 is 14.9 Å². The molecule has 8 N–H and O–H groups in total. The summed E-state index contributed by atoms with van der Waals surface area (Å²) in [5.74, 6) is 1.90. The summed E-state index contributed by atoms with van der Waals surface area (Å²) in [5.41, 5.74) is 14.8. The van der Waals surface area contributed by atoms with E-state index < -0.39 is 5.54 Å². The summed E-state index contributed by atoms with van der Waals surface area (Å²) < 4.78 is 5.99. The Morgan fingerprint density at radius 2 is 1.72 bits per heavy atom. The summed E-state index contributed by atoms with van der Waals surface area (Å²) in [6, 6.07) is 3.44. The van der Waals surface area contributed by atoms with Crippen molar-refractivity contribution >= 4 is 45.6 Å². The third-order valence-electron chi connectivity index (χ3n) is 7.60. The first-order valence-corrected chi connectivity index (χ1v) is 14.9. The molecule has 4 aromatic rings. The molecule has 0 saturated carbocycles. The number of aliphatic hydroxyl groups excluding tert-OH is 2. The SMILES string of the molecule is CCCC[C@H](CO)Nc1nc(N)nc2c(C(C)CCC[C@](C)(CO)Nc3nc(N)nc4cccnc34)c(OCC)cnc12. The van der Waals surface area contributed by atoms with Crippen LogP contribution in [0.15, 0.2) is 24.5 Å². The molecule has 4 aromatic heterocycles. The van der Waals surface area contributed by atoms with Crippen LogP contribution in [0, 0.1) is 0 Å². The zero-order valence-electron chi connectivity index (χ0n) is 25.5. The lowest BCUT2D eigenvalue weighted by atomic mass is 9.89. The average molecular weight is 593 g/mol. The first kappa shape index (κ1) is 31.8. The molecule has 0 fully saturated rings. The Morgan fingerprint density at radius 1 is 0.953 bits per heavy atom. The molecule has 13 heteroatoms. The second-order valence-electron chi connectivity index (χ2n) is 11.2. The number of nitrogens with zero attached hydrogens (tertiary/aromatic N) is 6. The molecule has 0 spiro atoms. The third-order valence-corrected chi connectivity index (χ3v) is 7.60. The van der Waals surface area contributed by atoms with Crippen LogP contribution >= 0.6 is 0 Å². The van der Waals surface area contributed by atoms with E-state index in [9.17, 15) is 10.2 Å². The van der Waals surface area contributed by atoms with Crippen LogP contribution in [0.1, 0.15) is 77.7 Å². The molecule has 43 heavy (non-hydrogen) atoms. The molecule has 0 aliphatic heterocycles. The monoisotopic (exact) mass is 592 g/mol. The molecule has 0 aliphatic rings. The smallest absolute Gasteiger partial charge is 0.222 e. The Hall–Kier alpha value is -4.10. The van der Waals surface area contributed by atoms with Gasteiger partial charge in [-0.15, -0.1) is 0 Å². The topological polar surface area (TPSA) is 203 Å². The Labute approximate surface area is 251 Å². The highest BCUT2D eigenvalue weighted by molar-refractivity contribution is 5.90. The summed E-state index contributed by atoms with van der Waals surface area (Å²) in [5, 5.41) is 27.0. The largest absolute Gasteiger partial charge is 0.492 e. The summed E-state index contributed by atoms with van der Waals surface area (Å²) in [6.07, 6.45) is 8.34. The average Bonchev–Trinajstić information content (AvgIpc) is 2.98. The molecule has 0 bridgehead atoms. The van der Waals surface area contributed by atoms with Crippen molar-refractivity contribution in [3.63, 3.8) is 0 Å². The van der Waals surface area contributed by atoms with E-state index in [1.165, 1.54) is 0 Å². The molecule has 0 radical (unpaired) electrons. The number of unbranched alkanes of at least 4 members (excludes halogenated alkanes) is 1. The molecule has 0 saturated heterocycles. The van der Waals surface area contributed by atoms with E-state index >= 15 is 0 Å². The van der Waals surface area contributed by atoms with Crippen molar-refractivity contribution in [2.75, 3.05) is 41.9 Å². The minimum atomic E-state index is -0.685. The van der Waals surface area contributed by atoms with Crippen LogP contribution in [0.5, 0.6) is 5.75 Å². The molecular formula is C30H44N10O3. The van der Waals surface area contributed by atoms with Crippen LogP contribution in [0.25, 0.3) is 22.1 Å². The number of rotatable bonds is 16. The van der Waals surface area contributed by atoms with E-state index in [4.69, 9.17) is 16.2 Å². The second-order valence-corrected chi connectivity index (χ2v) is 11.2. The van der Waals surface area contributed by atoms with Gasteiger partial charge < -0.3 is 37.1 Å². The van der Waals surface area contributed by atoms with Gasteiger partial charge in [0.25, 0.3) is 0 Å². The second kappa shape index (κ2) is 14.4. The molecule has 232 valence electrons. The number of aromatic nitrogens is 6. The fourth-order valence-electron chi connectivity index (χ4n) is 5.27. The number of hydrogen-bond donors (Lipinski definition) is 6. The number of nitrogens with one attached hydrogen (secondary N) is 2. The van der Waals surface area contributed by atoms with Gasteiger partial charge in [0.2, 0.25) is 11.9 Å². The van der Waals surface area contributed by atoms with Gasteiger partial charge in [-0.25, -0.2) is 15.0 Å². The molecule has 4 heterocycles. The predicted molar refractivity (Wildman–Crippen MR) is 170 cm³/mol. The number of pyridine rings is 2. The van der Waals surface area contributed by atoms with Crippen LogP contribution < -0.4 is 26.8 Å². The summed E-state index contributed by atoms with van der Waals surface area (Å²) in [7, 11) is 0. The number of ether oxygens (including phenoxy) is 1. The van der Waals surface area contributed by atoms with Crippen LogP contribution in [-0.2, 0) is 0 Å². The highest BCUT2D eigenvalue weighted by atomic mass is 16.5. The van der Waals surface area contributed by atoms with Crippen LogP contribution in [0.3, 0.4) is 0 Å². The van der Waals surface area contributed by atoms with Gasteiger partial charge in [-0.3, -0.25) is 4.98 Å². The van der Waals surface area contributed by atoms with Gasteiger partial charge >= 0.3 is 0 Å². The first-order chi connectivity index (χ1) is 20.7. The number of fused-ring (bicyclic) bond motifs is 2. The van der Waals surface area contributed by atoms with E-state index in [-0.39, 0.29) is 37.1 Å². The van der Waals surface area contributed by atoms with Crippen molar-refractivity contribution in [2.45, 2.75) is 83.7 Å². The molecule has 0 amide bonds. The third kappa shape index (κ3) is 7.65. The van der Waals surface area contributed by atoms with Gasteiger partial charge in [-0.05, 0) is 51.2 Å². The zero-order chi connectivity index (χ0) is 31.0. The fraction of sp³-hybridized carbons (Fsp3) is 0.533. The Bertz CT molecular complexity index is 1520. The van der Waals surface area contributed by atoms with Crippen molar-refractivity contribution in [3.8, 4) is 5.75 Å². The lowest BCUT2D eigenvalue weighted by Crippen LogP contribution is -2.39. The van der Waals surface area contributed by atoms with Crippen molar-refractivity contribution in [1.82, 2.24) is 29.9 Å². The highest BCUT2D eigenvalue weighted by Gasteiger charge is 2.27. The number of nitrogen functional groups attached to an aromatic ring is 2. The van der Waals surface area contributed by atoms with E-state index in [2.05, 4.69) is 54.4 Å². The van der Waals surface area contributed by atoms with E-state index in [0.29, 0.717) is 52.5 Å². The van der Waals surface area contributed by atoms with Crippen molar-refractivity contribution in [2.24, 2.45) is 0 Å². The van der Waals surface area contributed by atoms with Crippen molar-refractivity contribution in [3.05, 3.63) is 30.1 Å². The maximum absolute atomic E-state index is 10.4. The van der Waals surface area contributed by atoms with Gasteiger partial charge in [-0.2, -0.15) is 9.97 Å². The molecule has 0 aromatic carbocycles. The minimum Gasteiger partial charge on any atom is -0.492 e. The van der Waals surface area contributed by atoms with Gasteiger partial charge in [0, 0.05) is 11.8 Å². The fourth-order valence-corrected chi connectivity index (χ4v) is 5.27. The summed E-state index contributed by atoms with van der Waals surface area (Å²) in [6.45, 7) is 8.42. The maximum atomic E-state index is 10.4. The molecule has 1 unspecified atom stereocenters. The Morgan fingerprint density at radius 3 is 2.44 bits per heavy atom. The zero-order valence-corrected chi connectivity index (χ0v) is 25.5. The number of anilines is 4. The lowest BCUT2D eigenvalue weighted by Gasteiger charge is -2.30. The predicted octanol–water partition coefficient (Wildman–Crippen LogP) is 4.03. The van der Waals surface area contributed by atoms with Crippen LogP contribution in [-0.4, -0.2) is 71.5 Å². The van der Waals surface area contributed by atoms with Gasteiger partial charge in [-0.1, -0.05) is 33.1 Å². The summed E-state index contributed by atoms with van der Waals surface area (Å²) >= 11 is 0. The van der Waals surface area contributed by atoms with E-state index in [1.54, 1.807) is 18.5 Å². The maximum Gasteiger partial charge on any atom is 0.222 e. The highest BCUT2D eigenvalue weighted by Crippen LogP contribution is 2.37. The number of aliphatic hydroxyl groups is 2. The van der Waals surface area contributed by atoms with Crippen molar-refractivity contribution in [1.29, 1.82) is 0 Å². The van der Waals surface area contributed by atoms with Gasteiger partial charge in [0.1, 0.15) is 22.3 Å². The van der Waals surface area contributed by atoms with Crippen LogP contribution in [0.2, 0.25) is 0 Å². The van der Waals surface area contributed by atoms with Gasteiger partial charge in [0.05, 0.1) is 43.1 Å². The Balaban J connectivity index is 1.57. The molecule has 13 nitrogen and oxygen atoms in total. The molecule has 3 atom stereocenters. The lowest BCUT2D eigenvalue weighted by molar-refractivity contribution is 0.211. The molecule has 0 aliphatic carbocycles. The van der Waals surface area contributed by atoms with E-state index in [0.717, 1.165) is 37.7 Å². The van der Waals surface area contributed by atoms with Crippen LogP contribution in [0.4, 0.5) is 23.5 Å².